The van der Waals surface area contributed by atoms with Crippen molar-refractivity contribution in [2.24, 2.45) is 5.92 Å². The van der Waals surface area contributed by atoms with Gasteiger partial charge >= 0.3 is 0 Å². The van der Waals surface area contributed by atoms with Gasteiger partial charge in [-0.05, 0) is 37.8 Å². The minimum Gasteiger partial charge on any atom is -0.352 e. The van der Waals surface area contributed by atoms with Crippen molar-refractivity contribution in [3.8, 4) is 11.4 Å². The van der Waals surface area contributed by atoms with E-state index in [1.807, 2.05) is 11.5 Å². The van der Waals surface area contributed by atoms with Crippen molar-refractivity contribution in [3.63, 3.8) is 0 Å². The largest absolute Gasteiger partial charge is 0.352 e. The Morgan fingerprint density at radius 1 is 1.26 bits per heavy atom. The first-order valence-corrected chi connectivity index (χ1v) is 10.5. The van der Waals surface area contributed by atoms with Gasteiger partial charge in [-0.15, -0.1) is 10.2 Å². The molecule has 0 aliphatic heterocycles. The summed E-state index contributed by atoms with van der Waals surface area (Å²) in [4.78, 5) is 12.5. The number of hydrogen-bond acceptors (Lipinski definition) is 4. The van der Waals surface area contributed by atoms with E-state index in [1.54, 1.807) is 18.2 Å². The maximum atomic E-state index is 14.3. The third-order valence-corrected chi connectivity index (χ3v) is 5.81. The van der Waals surface area contributed by atoms with E-state index in [1.165, 1.54) is 30.7 Å². The number of carbonyl (C=O) groups is 1. The Balaban J connectivity index is 1.80. The van der Waals surface area contributed by atoms with Gasteiger partial charge < -0.3 is 9.88 Å². The number of rotatable bonds is 7. The zero-order valence-electron chi connectivity index (χ0n) is 16.1. The number of halogens is 1. The van der Waals surface area contributed by atoms with Crippen LogP contribution in [-0.4, -0.2) is 32.0 Å². The van der Waals surface area contributed by atoms with E-state index >= 15 is 0 Å². The first-order valence-electron chi connectivity index (χ1n) is 9.61. The number of carbonyl (C=O) groups excluding carboxylic acids is 1. The van der Waals surface area contributed by atoms with Gasteiger partial charge in [0.15, 0.2) is 11.0 Å². The molecule has 1 aromatic heterocycles. The molecule has 3 rings (SSSR count). The second kappa shape index (κ2) is 8.87. The highest BCUT2D eigenvalue weighted by molar-refractivity contribution is 8.00. The monoisotopic (exact) mass is 390 g/mol. The average Bonchev–Trinajstić information content (AvgIpc) is 3.26. The topological polar surface area (TPSA) is 59.8 Å². The van der Waals surface area contributed by atoms with Gasteiger partial charge in [0.2, 0.25) is 5.91 Å². The molecule has 5 nitrogen and oxygen atoms in total. The Hall–Kier alpha value is -1.89. The zero-order chi connectivity index (χ0) is 19.4. The van der Waals surface area contributed by atoms with Crippen LogP contribution < -0.4 is 5.32 Å². The predicted octanol–water partition coefficient (Wildman–Crippen LogP) is 4.28. The summed E-state index contributed by atoms with van der Waals surface area (Å²) < 4.78 is 16.2. The fourth-order valence-corrected chi connectivity index (χ4v) is 4.22. The normalized spacial score (nSPS) is 16.0. The lowest BCUT2D eigenvalue weighted by Crippen LogP contribution is -2.37. The van der Waals surface area contributed by atoms with Gasteiger partial charge in [0.25, 0.3) is 0 Å². The molecule has 1 heterocycles. The van der Waals surface area contributed by atoms with E-state index in [4.69, 9.17) is 0 Å². The van der Waals surface area contributed by atoms with Crippen molar-refractivity contribution in [2.45, 2.75) is 69.4 Å². The van der Waals surface area contributed by atoms with Crippen molar-refractivity contribution in [1.82, 2.24) is 20.1 Å². The number of amides is 1. The van der Waals surface area contributed by atoms with Gasteiger partial charge in [0.1, 0.15) is 5.82 Å². The van der Waals surface area contributed by atoms with Gasteiger partial charge in [0.05, 0.1) is 10.8 Å². The molecule has 0 spiro atoms. The quantitative estimate of drug-likeness (QED) is 0.717. The molecule has 1 atom stereocenters. The first kappa shape index (κ1) is 19.9. The molecule has 0 saturated heterocycles. The average molecular weight is 391 g/mol. The third-order valence-electron chi connectivity index (χ3n) is 4.73. The lowest BCUT2D eigenvalue weighted by atomic mass is 10.2. The molecule has 1 aromatic carbocycles. The molecule has 1 N–H and O–H groups in total. The van der Waals surface area contributed by atoms with Crippen LogP contribution in [0.3, 0.4) is 0 Å². The summed E-state index contributed by atoms with van der Waals surface area (Å²) in [5.41, 5.74) is 0.431. The summed E-state index contributed by atoms with van der Waals surface area (Å²) in [6.07, 6.45) is 4.48. The molecule has 1 fully saturated rings. The van der Waals surface area contributed by atoms with Crippen molar-refractivity contribution in [2.75, 3.05) is 0 Å². The summed E-state index contributed by atoms with van der Waals surface area (Å²) >= 11 is 1.38. The van der Waals surface area contributed by atoms with Crippen LogP contribution in [0, 0.1) is 11.7 Å². The van der Waals surface area contributed by atoms with Crippen LogP contribution in [0.25, 0.3) is 11.4 Å². The molecule has 146 valence electrons. The van der Waals surface area contributed by atoms with E-state index in [9.17, 15) is 9.18 Å². The first-order chi connectivity index (χ1) is 13.0. The highest BCUT2D eigenvalue weighted by Gasteiger charge is 2.25. The number of hydrogen-bond donors (Lipinski definition) is 1. The highest BCUT2D eigenvalue weighted by Crippen LogP contribution is 2.29. The Morgan fingerprint density at radius 2 is 1.96 bits per heavy atom. The van der Waals surface area contributed by atoms with Crippen LogP contribution in [0.15, 0.2) is 29.4 Å². The standard InChI is InChI=1S/C20H27FN4OS/c1-13(2)12-25-18(16-10-6-7-11-17(16)21)23-24-20(25)27-14(3)19(26)22-15-8-4-5-9-15/h6-7,10-11,13-15H,4-5,8-9,12H2,1-3H3,(H,22,26)/t14-/m1/s1. The predicted molar refractivity (Wildman–Crippen MR) is 106 cm³/mol. The molecule has 0 unspecified atom stereocenters. The maximum absolute atomic E-state index is 14.3. The molecule has 27 heavy (non-hydrogen) atoms. The second-order valence-corrected chi connectivity index (χ2v) is 8.85. The smallest absolute Gasteiger partial charge is 0.233 e. The van der Waals surface area contributed by atoms with E-state index < -0.39 is 0 Å². The number of thioether (sulfide) groups is 1. The Labute approximate surface area is 164 Å². The van der Waals surface area contributed by atoms with Crippen LogP contribution in [0.5, 0.6) is 0 Å². The Bertz CT molecular complexity index is 786. The lowest BCUT2D eigenvalue weighted by Gasteiger charge is -2.17. The third kappa shape index (κ3) is 4.89. The van der Waals surface area contributed by atoms with Gasteiger partial charge in [-0.3, -0.25) is 4.79 Å². The molecule has 1 amide bonds. The fourth-order valence-electron chi connectivity index (χ4n) is 3.35. The molecular weight excluding hydrogens is 363 g/mol. The maximum Gasteiger partial charge on any atom is 0.233 e. The molecule has 1 aliphatic carbocycles. The number of nitrogens with one attached hydrogen (secondary N) is 1. The second-order valence-electron chi connectivity index (χ2n) is 7.54. The Morgan fingerprint density at radius 3 is 2.63 bits per heavy atom. The summed E-state index contributed by atoms with van der Waals surface area (Å²) in [6, 6.07) is 6.88. The van der Waals surface area contributed by atoms with Crippen molar-refractivity contribution >= 4 is 17.7 Å². The summed E-state index contributed by atoms with van der Waals surface area (Å²) in [5.74, 6) is 0.554. The van der Waals surface area contributed by atoms with E-state index in [2.05, 4.69) is 29.4 Å². The number of nitrogens with zero attached hydrogens (tertiary/aromatic N) is 3. The molecule has 1 aliphatic rings. The Kier molecular flexibility index (Phi) is 6.52. The van der Waals surface area contributed by atoms with Gasteiger partial charge in [-0.25, -0.2) is 4.39 Å². The van der Waals surface area contributed by atoms with Crippen molar-refractivity contribution < 1.29 is 9.18 Å². The molecule has 7 heteroatoms. The van der Waals surface area contributed by atoms with Crippen molar-refractivity contribution in [3.05, 3.63) is 30.1 Å². The van der Waals surface area contributed by atoms with Crippen LogP contribution in [-0.2, 0) is 11.3 Å². The van der Waals surface area contributed by atoms with E-state index in [-0.39, 0.29) is 17.0 Å². The van der Waals surface area contributed by atoms with Crippen LogP contribution in [0.2, 0.25) is 0 Å². The van der Waals surface area contributed by atoms with Crippen LogP contribution in [0.4, 0.5) is 4.39 Å². The SMILES string of the molecule is CC(C)Cn1c(S[C@H](C)C(=O)NC2CCCC2)nnc1-c1ccccc1F. The van der Waals surface area contributed by atoms with E-state index in [0.29, 0.717) is 35.0 Å². The van der Waals surface area contributed by atoms with Crippen LogP contribution in [0.1, 0.15) is 46.5 Å². The van der Waals surface area contributed by atoms with Gasteiger partial charge in [-0.1, -0.05) is 50.6 Å². The minimum atomic E-state index is -0.321. The van der Waals surface area contributed by atoms with Crippen LogP contribution >= 0.6 is 11.8 Å². The summed E-state index contributed by atoms with van der Waals surface area (Å²) in [6.45, 7) is 6.73. The number of benzene rings is 1. The van der Waals surface area contributed by atoms with Gasteiger partial charge in [-0.2, -0.15) is 0 Å². The fraction of sp³-hybridized carbons (Fsp3) is 0.550. The molecule has 0 bridgehead atoms. The molecular formula is C20H27FN4OS. The molecule has 0 radical (unpaired) electrons. The van der Waals surface area contributed by atoms with Gasteiger partial charge in [0, 0.05) is 12.6 Å². The minimum absolute atomic E-state index is 0.0263. The number of aromatic nitrogens is 3. The van der Waals surface area contributed by atoms with Crippen molar-refractivity contribution in [1.29, 1.82) is 0 Å². The summed E-state index contributed by atoms with van der Waals surface area (Å²) in [7, 11) is 0. The molecule has 1 saturated carbocycles. The summed E-state index contributed by atoms with van der Waals surface area (Å²) in [5, 5.41) is 12.0. The lowest BCUT2D eigenvalue weighted by molar-refractivity contribution is -0.120. The molecule has 2 aromatic rings. The van der Waals surface area contributed by atoms with E-state index in [0.717, 1.165) is 12.8 Å². The highest BCUT2D eigenvalue weighted by atomic mass is 32.2. The zero-order valence-corrected chi connectivity index (χ0v) is 16.9.